The van der Waals surface area contributed by atoms with Gasteiger partial charge in [0.2, 0.25) is 0 Å². The highest BCUT2D eigenvalue weighted by Gasteiger charge is 2.16. The predicted molar refractivity (Wildman–Crippen MR) is 124 cm³/mol. The number of ether oxygens (including phenoxy) is 1. The van der Waals surface area contributed by atoms with E-state index >= 15 is 0 Å². The highest BCUT2D eigenvalue weighted by Crippen LogP contribution is 2.17. The first-order valence-electron chi connectivity index (χ1n) is 10.4. The largest absolute Gasteiger partial charge is 0.452 e. The van der Waals surface area contributed by atoms with Crippen molar-refractivity contribution in [3.8, 4) is 0 Å². The van der Waals surface area contributed by atoms with Crippen molar-refractivity contribution in [1.29, 1.82) is 0 Å². The number of rotatable bonds is 7. The maximum Gasteiger partial charge on any atom is 0.338 e. The van der Waals surface area contributed by atoms with Gasteiger partial charge in [0.1, 0.15) is 0 Å². The molecule has 6 heteroatoms. The third-order valence-electron chi connectivity index (χ3n) is 5.20. The summed E-state index contributed by atoms with van der Waals surface area (Å²) in [6.07, 6.45) is 1.45. The van der Waals surface area contributed by atoms with Gasteiger partial charge in [-0.2, -0.15) is 0 Å². The van der Waals surface area contributed by atoms with E-state index in [9.17, 15) is 14.4 Å². The van der Waals surface area contributed by atoms with Gasteiger partial charge in [0.25, 0.3) is 5.91 Å². The third-order valence-corrected chi connectivity index (χ3v) is 5.20. The molecule has 0 saturated carbocycles. The standard InChI is InChI=1S/C26H26N2O4/c1-18-9-8-14-23(19(18)2)27-26(31)28-24(29)17-32-25(30)22-13-7-6-12-21(22)16-15-20-10-4-3-5-11-20/h3-14H,15-17H2,1-2H3,(H2,27,28,29,31). The maximum atomic E-state index is 12.5. The van der Waals surface area contributed by atoms with E-state index in [1.54, 1.807) is 18.2 Å². The zero-order valence-electron chi connectivity index (χ0n) is 18.2. The monoisotopic (exact) mass is 430 g/mol. The Morgan fingerprint density at radius 2 is 1.53 bits per heavy atom. The Hall–Kier alpha value is -3.93. The van der Waals surface area contributed by atoms with Gasteiger partial charge in [-0.3, -0.25) is 10.1 Å². The summed E-state index contributed by atoms with van der Waals surface area (Å²) in [5.74, 6) is -1.30. The van der Waals surface area contributed by atoms with Gasteiger partial charge in [0.05, 0.1) is 5.56 Å². The molecule has 0 aliphatic rings. The number of hydrogen-bond donors (Lipinski definition) is 2. The molecule has 0 aromatic heterocycles. The number of esters is 1. The molecule has 3 aromatic carbocycles. The van der Waals surface area contributed by atoms with Crippen LogP contribution in [-0.4, -0.2) is 24.5 Å². The first kappa shape index (κ1) is 22.7. The number of anilines is 1. The summed E-state index contributed by atoms with van der Waals surface area (Å²) >= 11 is 0. The minimum Gasteiger partial charge on any atom is -0.452 e. The van der Waals surface area contributed by atoms with Crippen LogP contribution in [0.2, 0.25) is 0 Å². The second kappa shape index (κ2) is 10.9. The zero-order chi connectivity index (χ0) is 22.9. The first-order chi connectivity index (χ1) is 15.4. The fourth-order valence-electron chi connectivity index (χ4n) is 3.27. The van der Waals surface area contributed by atoms with E-state index < -0.39 is 24.5 Å². The van der Waals surface area contributed by atoms with Gasteiger partial charge < -0.3 is 10.1 Å². The summed E-state index contributed by atoms with van der Waals surface area (Å²) < 4.78 is 5.15. The summed E-state index contributed by atoms with van der Waals surface area (Å²) in [5, 5.41) is 4.81. The van der Waals surface area contributed by atoms with Gasteiger partial charge >= 0.3 is 12.0 Å². The van der Waals surface area contributed by atoms with E-state index in [1.165, 1.54) is 5.56 Å². The molecule has 32 heavy (non-hydrogen) atoms. The van der Waals surface area contributed by atoms with E-state index in [1.807, 2.05) is 68.4 Å². The lowest BCUT2D eigenvalue weighted by molar-refractivity contribution is -0.123. The molecule has 0 heterocycles. The molecule has 0 fully saturated rings. The Morgan fingerprint density at radius 3 is 2.31 bits per heavy atom. The number of carbonyl (C=O) groups is 3. The van der Waals surface area contributed by atoms with Crippen molar-refractivity contribution < 1.29 is 19.1 Å². The molecule has 0 aliphatic heterocycles. The van der Waals surface area contributed by atoms with Crippen molar-refractivity contribution in [3.63, 3.8) is 0 Å². The van der Waals surface area contributed by atoms with Crippen molar-refractivity contribution in [2.24, 2.45) is 0 Å². The van der Waals surface area contributed by atoms with Crippen molar-refractivity contribution in [1.82, 2.24) is 5.32 Å². The van der Waals surface area contributed by atoms with Gasteiger partial charge in [0.15, 0.2) is 6.61 Å². The number of amides is 3. The number of aryl methyl sites for hydroxylation is 3. The van der Waals surface area contributed by atoms with E-state index in [0.717, 1.165) is 23.1 Å². The van der Waals surface area contributed by atoms with Crippen LogP contribution in [0.3, 0.4) is 0 Å². The van der Waals surface area contributed by atoms with Crippen LogP contribution >= 0.6 is 0 Å². The predicted octanol–water partition coefficient (Wildman–Crippen LogP) is 4.59. The molecule has 164 valence electrons. The molecular weight excluding hydrogens is 404 g/mol. The van der Waals surface area contributed by atoms with Gasteiger partial charge in [-0.05, 0) is 61.1 Å². The SMILES string of the molecule is Cc1cccc(NC(=O)NC(=O)COC(=O)c2ccccc2CCc2ccccc2)c1C. The molecule has 0 radical (unpaired) electrons. The average Bonchev–Trinajstić information content (AvgIpc) is 2.80. The zero-order valence-corrected chi connectivity index (χ0v) is 18.2. The molecule has 6 nitrogen and oxygen atoms in total. The van der Waals surface area contributed by atoms with E-state index in [-0.39, 0.29) is 0 Å². The van der Waals surface area contributed by atoms with Crippen LogP contribution in [0.25, 0.3) is 0 Å². The number of carbonyl (C=O) groups excluding carboxylic acids is 3. The van der Waals surface area contributed by atoms with E-state index in [0.29, 0.717) is 17.7 Å². The Morgan fingerprint density at radius 1 is 0.812 bits per heavy atom. The third kappa shape index (κ3) is 6.28. The van der Waals surface area contributed by atoms with Crippen LogP contribution in [0.5, 0.6) is 0 Å². The van der Waals surface area contributed by atoms with Crippen LogP contribution in [0.4, 0.5) is 10.5 Å². The molecule has 0 unspecified atom stereocenters. The molecule has 0 aliphatic carbocycles. The highest BCUT2D eigenvalue weighted by molar-refractivity contribution is 6.02. The Bertz CT molecular complexity index is 1110. The normalized spacial score (nSPS) is 10.3. The molecule has 0 saturated heterocycles. The lowest BCUT2D eigenvalue weighted by Gasteiger charge is -2.12. The Labute approximate surface area is 187 Å². The first-order valence-corrected chi connectivity index (χ1v) is 10.4. The summed E-state index contributed by atoms with van der Waals surface area (Å²) in [5.41, 5.74) is 4.97. The molecule has 3 rings (SSSR count). The van der Waals surface area contributed by atoms with Crippen LogP contribution < -0.4 is 10.6 Å². The van der Waals surface area contributed by atoms with Gasteiger partial charge in [-0.15, -0.1) is 0 Å². The number of benzene rings is 3. The number of nitrogens with one attached hydrogen (secondary N) is 2. The van der Waals surface area contributed by atoms with Crippen LogP contribution in [0.1, 0.15) is 32.6 Å². The minimum absolute atomic E-state index is 0.413. The summed E-state index contributed by atoms with van der Waals surface area (Å²) in [7, 11) is 0. The molecular formula is C26H26N2O4. The molecule has 2 N–H and O–H groups in total. The lowest BCUT2D eigenvalue weighted by atomic mass is 10.00. The quantitative estimate of drug-likeness (QED) is 0.537. The number of hydrogen-bond acceptors (Lipinski definition) is 4. The van der Waals surface area contributed by atoms with Crippen molar-refractivity contribution in [2.45, 2.75) is 26.7 Å². The molecule has 0 spiro atoms. The van der Waals surface area contributed by atoms with E-state index in [2.05, 4.69) is 10.6 Å². The number of urea groups is 1. The molecule has 3 amide bonds. The fourth-order valence-corrected chi connectivity index (χ4v) is 3.27. The molecule has 3 aromatic rings. The van der Waals surface area contributed by atoms with Crippen LogP contribution in [-0.2, 0) is 22.4 Å². The Balaban J connectivity index is 1.52. The average molecular weight is 431 g/mol. The number of imide groups is 1. The second-order valence-electron chi connectivity index (χ2n) is 7.47. The molecule has 0 atom stereocenters. The van der Waals surface area contributed by atoms with Crippen molar-refractivity contribution in [3.05, 3.63) is 101 Å². The van der Waals surface area contributed by atoms with E-state index in [4.69, 9.17) is 4.74 Å². The summed E-state index contributed by atoms with van der Waals surface area (Å²) in [4.78, 5) is 36.7. The summed E-state index contributed by atoms with van der Waals surface area (Å²) in [6, 6.07) is 22.0. The summed E-state index contributed by atoms with van der Waals surface area (Å²) in [6.45, 7) is 3.26. The van der Waals surface area contributed by atoms with Gasteiger partial charge in [0, 0.05) is 5.69 Å². The topological polar surface area (TPSA) is 84.5 Å². The fraction of sp³-hybridized carbons (Fsp3) is 0.192. The smallest absolute Gasteiger partial charge is 0.338 e. The van der Waals surface area contributed by atoms with Crippen LogP contribution in [0, 0.1) is 13.8 Å². The maximum absolute atomic E-state index is 12.5. The highest BCUT2D eigenvalue weighted by atomic mass is 16.5. The van der Waals surface area contributed by atoms with Crippen molar-refractivity contribution >= 4 is 23.6 Å². The molecule has 0 bridgehead atoms. The minimum atomic E-state index is -0.706. The lowest BCUT2D eigenvalue weighted by Crippen LogP contribution is -2.37. The van der Waals surface area contributed by atoms with Gasteiger partial charge in [-0.1, -0.05) is 60.7 Å². The van der Waals surface area contributed by atoms with Gasteiger partial charge in [-0.25, -0.2) is 9.59 Å². The van der Waals surface area contributed by atoms with Crippen molar-refractivity contribution in [2.75, 3.05) is 11.9 Å². The Kier molecular flexibility index (Phi) is 7.75. The second-order valence-corrected chi connectivity index (χ2v) is 7.47. The van der Waals surface area contributed by atoms with Crippen LogP contribution in [0.15, 0.2) is 72.8 Å².